The lowest BCUT2D eigenvalue weighted by molar-refractivity contribution is 0.556. The molecule has 1 atom stereocenters. The summed E-state index contributed by atoms with van der Waals surface area (Å²) < 4.78 is 13.9. The molecule has 0 spiro atoms. The van der Waals surface area contributed by atoms with Crippen molar-refractivity contribution in [3.63, 3.8) is 0 Å². The van der Waals surface area contributed by atoms with E-state index in [9.17, 15) is 4.39 Å². The molecule has 0 bridgehead atoms. The summed E-state index contributed by atoms with van der Waals surface area (Å²) in [6.07, 6.45) is 1.12. The van der Waals surface area contributed by atoms with Gasteiger partial charge in [0.25, 0.3) is 0 Å². The zero-order chi connectivity index (χ0) is 13.6. The quantitative estimate of drug-likeness (QED) is 0.575. The van der Waals surface area contributed by atoms with Gasteiger partial charge in [0.05, 0.1) is 0 Å². The van der Waals surface area contributed by atoms with E-state index >= 15 is 0 Å². The highest BCUT2D eigenvalue weighted by molar-refractivity contribution is 6.76. The van der Waals surface area contributed by atoms with E-state index in [1.165, 1.54) is 0 Å². The van der Waals surface area contributed by atoms with Crippen molar-refractivity contribution >= 4 is 8.07 Å². The molecule has 0 radical (unpaired) electrons. The molecule has 0 aromatic heterocycles. The van der Waals surface area contributed by atoms with E-state index in [0.29, 0.717) is 5.92 Å². The highest BCUT2D eigenvalue weighted by Gasteiger charge is 2.23. The predicted octanol–water partition coefficient (Wildman–Crippen LogP) is 4.25. The van der Waals surface area contributed by atoms with Crippen LogP contribution in [0.3, 0.4) is 0 Å². The molecule has 1 rings (SSSR count). The molecule has 0 heterocycles. The fourth-order valence-electron chi connectivity index (χ4n) is 2.29. The van der Waals surface area contributed by atoms with Crippen molar-refractivity contribution in [2.24, 2.45) is 0 Å². The van der Waals surface area contributed by atoms with Gasteiger partial charge in [-0.2, -0.15) is 0 Å². The molecular weight excluding hydrogens is 241 g/mol. The minimum absolute atomic E-state index is 0.0564. The summed E-state index contributed by atoms with van der Waals surface area (Å²) in [6, 6.07) is 8.35. The van der Waals surface area contributed by atoms with E-state index in [-0.39, 0.29) is 5.82 Å². The van der Waals surface area contributed by atoms with Crippen LogP contribution in [-0.4, -0.2) is 21.2 Å². The van der Waals surface area contributed by atoms with Gasteiger partial charge in [-0.25, -0.2) is 4.39 Å². The Morgan fingerprint density at radius 3 is 2.44 bits per heavy atom. The molecule has 1 aromatic rings. The van der Waals surface area contributed by atoms with Gasteiger partial charge in [0.1, 0.15) is 5.82 Å². The fraction of sp³-hybridized carbons (Fsp3) is 0.600. The van der Waals surface area contributed by atoms with Gasteiger partial charge >= 0.3 is 0 Å². The Kier molecular flexibility index (Phi) is 6.02. The van der Waals surface area contributed by atoms with Crippen molar-refractivity contribution in [2.75, 3.05) is 13.1 Å². The van der Waals surface area contributed by atoms with Gasteiger partial charge < -0.3 is 5.32 Å². The van der Waals surface area contributed by atoms with Crippen LogP contribution in [0.4, 0.5) is 4.39 Å². The summed E-state index contributed by atoms with van der Waals surface area (Å²) in [5.41, 5.74) is 0.878. The normalized spacial score (nSPS) is 13.6. The van der Waals surface area contributed by atoms with Crippen LogP contribution < -0.4 is 5.32 Å². The molecule has 0 aliphatic rings. The fourth-order valence-corrected chi connectivity index (χ4v) is 4.13. The maximum absolute atomic E-state index is 13.9. The standard InChI is InChI=1S/C15H26FNSi/c1-5-10-17-11-13(12-18(2,3)4)14-8-6-7-9-15(14)16/h6-9,13,17H,5,10-12H2,1-4H3. The van der Waals surface area contributed by atoms with Gasteiger partial charge in [-0.15, -0.1) is 0 Å². The van der Waals surface area contributed by atoms with Crippen LogP contribution in [0, 0.1) is 5.82 Å². The second-order valence-electron chi connectivity index (χ2n) is 6.19. The Morgan fingerprint density at radius 1 is 1.22 bits per heavy atom. The first-order valence-corrected chi connectivity index (χ1v) is 10.6. The number of halogens is 1. The molecule has 18 heavy (non-hydrogen) atoms. The summed E-state index contributed by atoms with van der Waals surface area (Å²) in [6.45, 7) is 11.1. The molecule has 1 nitrogen and oxygen atoms in total. The highest BCUT2D eigenvalue weighted by Crippen LogP contribution is 2.27. The summed E-state index contributed by atoms with van der Waals surface area (Å²) in [7, 11) is -1.19. The molecule has 0 aliphatic heterocycles. The molecule has 0 amide bonds. The van der Waals surface area contributed by atoms with Crippen LogP contribution in [0.25, 0.3) is 0 Å². The minimum atomic E-state index is -1.19. The maximum atomic E-state index is 13.9. The summed E-state index contributed by atoms with van der Waals surface area (Å²) in [5.74, 6) is 0.253. The van der Waals surface area contributed by atoms with Crippen molar-refractivity contribution in [1.82, 2.24) is 5.32 Å². The number of rotatable bonds is 7. The zero-order valence-corrected chi connectivity index (χ0v) is 13.1. The number of hydrogen-bond acceptors (Lipinski definition) is 1. The Bertz CT molecular complexity index is 360. The largest absolute Gasteiger partial charge is 0.316 e. The van der Waals surface area contributed by atoms with Crippen LogP contribution in [0.1, 0.15) is 24.8 Å². The highest BCUT2D eigenvalue weighted by atomic mass is 28.3. The van der Waals surface area contributed by atoms with E-state index in [1.807, 2.05) is 12.1 Å². The molecule has 0 aliphatic carbocycles. The third-order valence-corrected chi connectivity index (χ3v) is 4.74. The summed E-state index contributed by atoms with van der Waals surface area (Å²) in [4.78, 5) is 0. The Labute approximate surface area is 112 Å². The van der Waals surface area contributed by atoms with Crippen molar-refractivity contribution in [1.29, 1.82) is 0 Å². The second-order valence-corrected chi connectivity index (χ2v) is 11.7. The van der Waals surface area contributed by atoms with E-state index in [1.54, 1.807) is 12.1 Å². The van der Waals surface area contributed by atoms with Crippen molar-refractivity contribution in [3.8, 4) is 0 Å². The zero-order valence-electron chi connectivity index (χ0n) is 12.1. The first-order valence-electron chi connectivity index (χ1n) is 6.89. The van der Waals surface area contributed by atoms with E-state index in [0.717, 1.165) is 31.1 Å². The molecule has 1 aromatic carbocycles. The molecule has 1 unspecified atom stereocenters. The first-order chi connectivity index (χ1) is 8.44. The smallest absolute Gasteiger partial charge is 0.126 e. The lowest BCUT2D eigenvalue weighted by Crippen LogP contribution is -2.30. The average molecular weight is 267 g/mol. The Balaban J connectivity index is 2.80. The summed E-state index contributed by atoms with van der Waals surface area (Å²) >= 11 is 0. The van der Waals surface area contributed by atoms with Gasteiger partial charge in [-0.3, -0.25) is 0 Å². The lowest BCUT2D eigenvalue weighted by Gasteiger charge is -2.25. The molecule has 0 saturated heterocycles. The molecular formula is C15H26FNSi. The predicted molar refractivity (Wildman–Crippen MR) is 80.5 cm³/mol. The molecule has 102 valence electrons. The maximum Gasteiger partial charge on any atom is 0.126 e. The third kappa shape index (κ3) is 5.32. The average Bonchev–Trinajstić information content (AvgIpc) is 2.27. The molecule has 0 fully saturated rings. The second kappa shape index (κ2) is 7.05. The molecule has 3 heteroatoms. The Morgan fingerprint density at radius 2 is 1.89 bits per heavy atom. The third-order valence-electron chi connectivity index (χ3n) is 3.02. The van der Waals surface area contributed by atoms with E-state index in [2.05, 4.69) is 31.9 Å². The van der Waals surface area contributed by atoms with Gasteiger partial charge in [-0.05, 0) is 36.6 Å². The SMILES string of the molecule is CCCNCC(C[Si](C)(C)C)c1ccccc1F. The first kappa shape index (κ1) is 15.4. The van der Waals surface area contributed by atoms with Crippen LogP contribution in [0.2, 0.25) is 25.7 Å². The van der Waals surface area contributed by atoms with E-state index in [4.69, 9.17) is 0 Å². The van der Waals surface area contributed by atoms with Crippen molar-refractivity contribution in [2.45, 2.75) is 44.9 Å². The number of nitrogens with one attached hydrogen (secondary N) is 1. The molecule has 0 saturated carbocycles. The monoisotopic (exact) mass is 267 g/mol. The van der Waals surface area contributed by atoms with Gasteiger partial charge in [-0.1, -0.05) is 44.8 Å². The van der Waals surface area contributed by atoms with Gasteiger partial charge in [0, 0.05) is 14.6 Å². The van der Waals surface area contributed by atoms with Gasteiger partial charge in [0.2, 0.25) is 0 Å². The van der Waals surface area contributed by atoms with Crippen LogP contribution in [0.5, 0.6) is 0 Å². The van der Waals surface area contributed by atoms with Crippen LogP contribution >= 0.6 is 0 Å². The Hall–Kier alpha value is -0.673. The summed E-state index contributed by atoms with van der Waals surface area (Å²) in [5, 5.41) is 3.44. The van der Waals surface area contributed by atoms with Gasteiger partial charge in [0.15, 0.2) is 0 Å². The van der Waals surface area contributed by atoms with Crippen molar-refractivity contribution < 1.29 is 4.39 Å². The lowest BCUT2D eigenvalue weighted by atomic mass is 10.0. The number of benzene rings is 1. The van der Waals surface area contributed by atoms with Crippen molar-refractivity contribution in [3.05, 3.63) is 35.6 Å². The van der Waals surface area contributed by atoms with Crippen LogP contribution in [-0.2, 0) is 0 Å². The minimum Gasteiger partial charge on any atom is -0.316 e. The van der Waals surface area contributed by atoms with Crippen LogP contribution in [0.15, 0.2) is 24.3 Å². The topological polar surface area (TPSA) is 12.0 Å². The number of hydrogen-bond donors (Lipinski definition) is 1. The van der Waals surface area contributed by atoms with E-state index < -0.39 is 8.07 Å². The molecule has 1 N–H and O–H groups in total.